The number of imidazole rings is 1. The lowest BCUT2D eigenvalue weighted by Gasteiger charge is -2.09. The van der Waals surface area contributed by atoms with Gasteiger partial charge in [0.2, 0.25) is 0 Å². The molecule has 0 amide bonds. The Morgan fingerprint density at radius 2 is 1.90 bits per heavy atom. The van der Waals surface area contributed by atoms with E-state index in [1.807, 2.05) is 73.7 Å². The Bertz CT molecular complexity index is 1280. The number of ether oxygens (including phenoxy) is 1. The number of nitrogens with one attached hydrogen (secondary N) is 1. The van der Waals surface area contributed by atoms with Gasteiger partial charge in [0.15, 0.2) is 0 Å². The van der Waals surface area contributed by atoms with Crippen LogP contribution in [0.4, 0.5) is 0 Å². The SMILES string of the molecule is Cc1ccc2nc(/C(C#N)=C\c3ccc(OCc4ccc(Br)cc4)c(Br)c3)[nH]c2c1. The number of hydrogen-bond donors (Lipinski definition) is 1. The van der Waals surface area contributed by atoms with E-state index in [1.54, 1.807) is 0 Å². The number of benzene rings is 3. The van der Waals surface area contributed by atoms with Crippen LogP contribution in [0.25, 0.3) is 22.7 Å². The molecule has 0 saturated carbocycles. The maximum absolute atomic E-state index is 9.66. The number of nitrogens with zero attached hydrogens (tertiary/aromatic N) is 2. The Hall–Kier alpha value is -2.88. The highest BCUT2D eigenvalue weighted by Crippen LogP contribution is 2.29. The van der Waals surface area contributed by atoms with Crippen molar-refractivity contribution < 1.29 is 4.74 Å². The lowest BCUT2D eigenvalue weighted by molar-refractivity contribution is 0.304. The van der Waals surface area contributed by atoms with Gasteiger partial charge in [-0.05, 0) is 82.0 Å². The minimum Gasteiger partial charge on any atom is -0.488 e. The molecule has 3 aromatic carbocycles. The van der Waals surface area contributed by atoms with Crippen LogP contribution in [-0.4, -0.2) is 9.97 Å². The van der Waals surface area contributed by atoms with E-state index in [9.17, 15) is 5.26 Å². The van der Waals surface area contributed by atoms with Crippen LogP contribution >= 0.6 is 31.9 Å². The number of allylic oxidation sites excluding steroid dienone is 1. The van der Waals surface area contributed by atoms with Gasteiger partial charge in [-0.3, -0.25) is 0 Å². The van der Waals surface area contributed by atoms with Crippen LogP contribution in [0.3, 0.4) is 0 Å². The average Bonchev–Trinajstić information content (AvgIpc) is 3.15. The standard InChI is InChI=1S/C24H17Br2N3O/c1-15-2-8-21-22(10-15)29-24(28-21)18(13-27)11-17-5-9-23(20(26)12-17)30-14-16-3-6-19(25)7-4-16/h2-12H,14H2,1H3,(H,28,29)/b18-11-. The van der Waals surface area contributed by atoms with Crippen LogP contribution < -0.4 is 4.74 Å². The first-order chi connectivity index (χ1) is 14.5. The van der Waals surface area contributed by atoms with Crippen LogP contribution in [0.15, 0.2) is 69.6 Å². The zero-order valence-electron chi connectivity index (χ0n) is 16.1. The van der Waals surface area contributed by atoms with E-state index in [2.05, 4.69) is 47.9 Å². The molecule has 0 bridgehead atoms. The summed E-state index contributed by atoms with van der Waals surface area (Å²) in [6.07, 6.45) is 1.81. The predicted molar refractivity (Wildman–Crippen MR) is 127 cm³/mol. The summed E-state index contributed by atoms with van der Waals surface area (Å²) in [6.45, 7) is 2.50. The van der Waals surface area contributed by atoms with E-state index >= 15 is 0 Å². The normalized spacial score (nSPS) is 11.5. The third-order valence-corrected chi connectivity index (χ3v) is 5.74. The summed E-state index contributed by atoms with van der Waals surface area (Å²) < 4.78 is 7.78. The van der Waals surface area contributed by atoms with Gasteiger partial charge in [-0.25, -0.2) is 4.98 Å². The first-order valence-corrected chi connectivity index (χ1v) is 10.9. The molecule has 1 aromatic heterocycles. The highest BCUT2D eigenvalue weighted by molar-refractivity contribution is 9.10. The van der Waals surface area contributed by atoms with Gasteiger partial charge in [-0.1, -0.05) is 40.2 Å². The molecule has 0 radical (unpaired) electrons. The summed E-state index contributed by atoms with van der Waals surface area (Å²) in [4.78, 5) is 7.78. The zero-order chi connectivity index (χ0) is 21.1. The van der Waals surface area contributed by atoms with Crippen molar-refractivity contribution in [3.63, 3.8) is 0 Å². The zero-order valence-corrected chi connectivity index (χ0v) is 19.3. The number of aromatic nitrogens is 2. The second-order valence-corrected chi connectivity index (χ2v) is 8.65. The molecular formula is C24H17Br2N3O. The summed E-state index contributed by atoms with van der Waals surface area (Å²) >= 11 is 7.00. The summed E-state index contributed by atoms with van der Waals surface area (Å²) in [5.74, 6) is 1.30. The van der Waals surface area contributed by atoms with Crippen molar-refractivity contribution in [2.75, 3.05) is 0 Å². The number of rotatable bonds is 5. The van der Waals surface area contributed by atoms with Crippen molar-refractivity contribution in [2.24, 2.45) is 0 Å². The fourth-order valence-corrected chi connectivity index (χ4v) is 3.81. The van der Waals surface area contributed by atoms with Crippen molar-refractivity contribution >= 4 is 54.5 Å². The smallest absolute Gasteiger partial charge is 0.149 e. The summed E-state index contributed by atoms with van der Waals surface area (Å²) in [6, 6.07) is 22.0. The summed E-state index contributed by atoms with van der Waals surface area (Å²) in [7, 11) is 0. The Morgan fingerprint density at radius 3 is 2.63 bits per heavy atom. The van der Waals surface area contributed by atoms with E-state index in [1.165, 1.54) is 0 Å². The lowest BCUT2D eigenvalue weighted by Crippen LogP contribution is -1.96. The van der Waals surface area contributed by atoms with Crippen LogP contribution in [0.5, 0.6) is 5.75 Å². The Kier molecular flexibility index (Phi) is 6.03. The molecule has 148 valence electrons. The molecule has 0 atom stereocenters. The molecule has 4 nitrogen and oxygen atoms in total. The van der Waals surface area contributed by atoms with Crippen LogP contribution in [0, 0.1) is 18.3 Å². The van der Waals surface area contributed by atoms with E-state index in [0.717, 1.165) is 42.4 Å². The van der Waals surface area contributed by atoms with E-state index in [4.69, 9.17) is 4.74 Å². The summed E-state index contributed by atoms with van der Waals surface area (Å²) in [5, 5.41) is 9.66. The quantitative estimate of drug-likeness (QED) is 0.286. The maximum atomic E-state index is 9.66. The van der Waals surface area contributed by atoms with Crippen molar-refractivity contribution in [3.05, 3.63) is 92.1 Å². The summed E-state index contributed by atoms with van der Waals surface area (Å²) in [5.41, 5.74) is 5.34. The topological polar surface area (TPSA) is 61.7 Å². The number of nitriles is 1. The number of aromatic amines is 1. The second-order valence-electron chi connectivity index (χ2n) is 6.88. The minimum absolute atomic E-state index is 0.472. The molecular weight excluding hydrogens is 506 g/mol. The van der Waals surface area contributed by atoms with Gasteiger partial charge < -0.3 is 9.72 Å². The molecule has 0 aliphatic heterocycles. The fraction of sp³-hybridized carbons (Fsp3) is 0.0833. The molecule has 1 heterocycles. The first kappa shape index (κ1) is 20.4. The predicted octanol–water partition coefficient (Wildman–Crippen LogP) is 7.04. The number of hydrogen-bond acceptors (Lipinski definition) is 3. The second kappa shape index (κ2) is 8.86. The number of aryl methyl sites for hydroxylation is 1. The molecule has 4 rings (SSSR count). The monoisotopic (exact) mass is 521 g/mol. The van der Waals surface area contributed by atoms with Gasteiger partial charge in [0, 0.05) is 4.47 Å². The molecule has 0 unspecified atom stereocenters. The first-order valence-electron chi connectivity index (χ1n) is 9.27. The Labute approximate surface area is 191 Å². The molecule has 0 spiro atoms. The number of fused-ring (bicyclic) bond motifs is 1. The molecule has 0 fully saturated rings. The molecule has 30 heavy (non-hydrogen) atoms. The van der Waals surface area contributed by atoms with E-state index < -0.39 is 0 Å². The third kappa shape index (κ3) is 4.64. The molecule has 4 aromatic rings. The van der Waals surface area contributed by atoms with Gasteiger partial charge in [0.05, 0.1) is 21.1 Å². The Balaban J connectivity index is 1.55. The Morgan fingerprint density at radius 1 is 1.10 bits per heavy atom. The number of H-pyrrole nitrogens is 1. The van der Waals surface area contributed by atoms with Crippen LogP contribution in [0.1, 0.15) is 22.5 Å². The average molecular weight is 523 g/mol. The highest BCUT2D eigenvalue weighted by atomic mass is 79.9. The largest absolute Gasteiger partial charge is 0.488 e. The van der Waals surface area contributed by atoms with Crippen LogP contribution in [-0.2, 0) is 6.61 Å². The van der Waals surface area contributed by atoms with Gasteiger partial charge in [-0.15, -0.1) is 0 Å². The van der Waals surface area contributed by atoms with Crippen molar-refractivity contribution in [1.82, 2.24) is 9.97 Å². The molecule has 0 aliphatic rings. The fourth-order valence-electron chi connectivity index (χ4n) is 3.04. The maximum Gasteiger partial charge on any atom is 0.149 e. The van der Waals surface area contributed by atoms with Crippen molar-refractivity contribution in [3.8, 4) is 11.8 Å². The highest BCUT2D eigenvalue weighted by Gasteiger charge is 2.09. The van der Waals surface area contributed by atoms with Crippen molar-refractivity contribution in [2.45, 2.75) is 13.5 Å². The molecule has 6 heteroatoms. The molecule has 1 N–H and O–H groups in total. The molecule has 0 aliphatic carbocycles. The lowest BCUT2D eigenvalue weighted by atomic mass is 10.1. The van der Waals surface area contributed by atoms with Gasteiger partial charge in [-0.2, -0.15) is 5.26 Å². The van der Waals surface area contributed by atoms with Gasteiger partial charge in [0.25, 0.3) is 0 Å². The van der Waals surface area contributed by atoms with Gasteiger partial charge >= 0.3 is 0 Å². The van der Waals surface area contributed by atoms with Gasteiger partial charge in [0.1, 0.15) is 24.3 Å². The van der Waals surface area contributed by atoms with E-state index in [0.29, 0.717) is 18.0 Å². The minimum atomic E-state index is 0.472. The number of halogens is 2. The molecule has 0 saturated heterocycles. The third-order valence-electron chi connectivity index (χ3n) is 4.59. The van der Waals surface area contributed by atoms with E-state index in [-0.39, 0.29) is 0 Å². The van der Waals surface area contributed by atoms with Crippen molar-refractivity contribution in [1.29, 1.82) is 5.26 Å². The van der Waals surface area contributed by atoms with Crippen LogP contribution in [0.2, 0.25) is 0 Å².